The second-order valence-electron chi connectivity index (χ2n) is 3.96. The van der Waals surface area contributed by atoms with Crippen molar-refractivity contribution in [2.45, 2.75) is 12.3 Å². The monoisotopic (exact) mass is 227 g/mol. The quantitative estimate of drug-likeness (QED) is 0.701. The van der Waals surface area contributed by atoms with E-state index in [1.807, 2.05) is 24.3 Å². The maximum atomic E-state index is 11.6. The van der Waals surface area contributed by atoms with Gasteiger partial charge in [0.25, 0.3) is 0 Å². The van der Waals surface area contributed by atoms with E-state index in [1.165, 1.54) is 0 Å². The predicted octanol–water partition coefficient (Wildman–Crippen LogP) is 2.33. The molecule has 2 heterocycles. The Bertz CT molecular complexity index is 636. The van der Waals surface area contributed by atoms with E-state index in [9.17, 15) is 4.79 Å². The molecule has 3 rings (SSSR count). The second-order valence-corrected chi connectivity index (χ2v) is 3.96. The molecule has 1 aromatic heterocycles. The summed E-state index contributed by atoms with van der Waals surface area (Å²) in [5.74, 6) is -0.420. The molecule has 1 unspecified atom stereocenters. The van der Waals surface area contributed by atoms with Crippen LogP contribution in [-0.2, 0) is 9.53 Å². The van der Waals surface area contributed by atoms with E-state index in [1.54, 1.807) is 6.07 Å². The van der Waals surface area contributed by atoms with E-state index >= 15 is 0 Å². The molecular weight excluding hydrogens is 218 g/mol. The summed E-state index contributed by atoms with van der Waals surface area (Å²) in [5.41, 5.74) is 1.31. The Hall–Kier alpha value is -2.28. The van der Waals surface area contributed by atoms with E-state index in [-0.39, 0.29) is 17.6 Å². The lowest BCUT2D eigenvalue weighted by Gasteiger charge is -2.02. The van der Waals surface area contributed by atoms with Gasteiger partial charge in [-0.3, -0.25) is 4.79 Å². The zero-order valence-corrected chi connectivity index (χ0v) is 8.97. The number of hydrogen-bond acceptors (Lipinski definition) is 4. The van der Waals surface area contributed by atoms with Crippen LogP contribution in [-0.4, -0.2) is 12.6 Å². The van der Waals surface area contributed by atoms with Crippen LogP contribution in [0, 0.1) is 11.3 Å². The Morgan fingerprint density at radius 3 is 2.88 bits per heavy atom. The maximum absolute atomic E-state index is 11.6. The Balaban J connectivity index is 2.26. The van der Waals surface area contributed by atoms with Crippen LogP contribution in [0.4, 0.5) is 0 Å². The lowest BCUT2D eigenvalue weighted by molar-refractivity contribution is -0.139. The molecule has 0 amide bonds. The van der Waals surface area contributed by atoms with Gasteiger partial charge in [0.1, 0.15) is 11.7 Å². The number of esters is 1. The Morgan fingerprint density at radius 1 is 1.35 bits per heavy atom. The average molecular weight is 227 g/mol. The maximum Gasteiger partial charge on any atom is 0.313 e. The van der Waals surface area contributed by atoms with Crippen LogP contribution in [0.25, 0.3) is 11.0 Å². The Labute approximate surface area is 97.4 Å². The van der Waals surface area contributed by atoms with Gasteiger partial charge < -0.3 is 9.15 Å². The first-order valence-corrected chi connectivity index (χ1v) is 5.39. The molecule has 0 aliphatic carbocycles. The number of para-hydroxylation sites is 1. The van der Waals surface area contributed by atoms with Gasteiger partial charge in [-0.15, -0.1) is 0 Å². The van der Waals surface area contributed by atoms with Crippen LogP contribution in [0.2, 0.25) is 0 Å². The number of carbonyl (C=O) groups is 1. The fraction of sp³-hybridized carbons (Fsp3) is 0.231. The van der Waals surface area contributed by atoms with Gasteiger partial charge >= 0.3 is 5.97 Å². The van der Waals surface area contributed by atoms with E-state index in [0.29, 0.717) is 24.2 Å². The summed E-state index contributed by atoms with van der Waals surface area (Å²) in [7, 11) is 0. The molecule has 2 aromatic rings. The summed E-state index contributed by atoms with van der Waals surface area (Å²) in [6.07, 6.45) is 0.608. The third-order valence-electron chi connectivity index (χ3n) is 3.02. The van der Waals surface area contributed by atoms with Crippen LogP contribution >= 0.6 is 0 Å². The molecule has 0 bridgehead atoms. The van der Waals surface area contributed by atoms with Gasteiger partial charge in [0.05, 0.1) is 12.5 Å². The molecule has 1 aliphatic rings. The summed E-state index contributed by atoms with van der Waals surface area (Å²) in [5, 5.41) is 9.90. The minimum absolute atomic E-state index is 0.218. The Morgan fingerprint density at radius 2 is 2.18 bits per heavy atom. The number of ether oxygens (including phenoxy) is 1. The number of hydrogen-bond donors (Lipinski definition) is 0. The van der Waals surface area contributed by atoms with Crippen LogP contribution in [0.1, 0.15) is 23.7 Å². The van der Waals surface area contributed by atoms with Crippen LogP contribution in [0.5, 0.6) is 0 Å². The van der Waals surface area contributed by atoms with Gasteiger partial charge in [-0.1, -0.05) is 18.2 Å². The van der Waals surface area contributed by atoms with Gasteiger partial charge in [-0.05, 0) is 12.5 Å². The van der Waals surface area contributed by atoms with Crippen LogP contribution in [0.15, 0.2) is 28.7 Å². The zero-order chi connectivity index (χ0) is 11.8. The molecule has 4 nitrogen and oxygen atoms in total. The van der Waals surface area contributed by atoms with Crippen molar-refractivity contribution in [3.63, 3.8) is 0 Å². The first-order chi connectivity index (χ1) is 8.31. The minimum atomic E-state index is -0.367. The Kier molecular flexibility index (Phi) is 2.12. The molecule has 4 heteroatoms. The molecule has 0 saturated carbocycles. The summed E-state index contributed by atoms with van der Waals surface area (Å²) in [6.45, 7) is 0.411. The van der Waals surface area contributed by atoms with Crippen molar-refractivity contribution in [1.29, 1.82) is 5.26 Å². The summed E-state index contributed by atoms with van der Waals surface area (Å²) in [6, 6.07) is 9.36. The van der Waals surface area contributed by atoms with Crippen molar-refractivity contribution >= 4 is 16.9 Å². The SMILES string of the molecule is N#Cc1oc2ccccc2c1C1CCOC1=O. The van der Waals surface area contributed by atoms with E-state index < -0.39 is 0 Å². The van der Waals surface area contributed by atoms with Crippen molar-refractivity contribution in [1.82, 2.24) is 0 Å². The van der Waals surface area contributed by atoms with Crippen LogP contribution < -0.4 is 0 Å². The molecule has 0 N–H and O–H groups in total. The van der Waals surface area contributed by atoms with Crippen molar-refractivity contribution in [3.05, 3.63) is 35.6 Å². The molecular formula is C13H9NO3. The first kappa shape index (κ1) is 9.91. The summed E-state index contributed by atoms with van der Waals surface area (Å²) < 4.78 is 10.4. The molecule has 1 atom stereocenters. The third kappa shape index (κ3) is 1.40. The third-order valence-corrected chi connectivity index (χ3v) is 3.02. The number of cyclic esters (lactones) is 1. The molecule has 17 heavy (non-hydrogen) atoms. The van der Waals surface area contributed by atoms with E-state index in [2.05, 4.69) is 0 Å². The normalized spacial score (nSPS) is 19.2. The number of furan rings is 1. The lowest BCUT2D eigenvalue weighted by Crippen LogP contribution is -2.06. The number of nitrogens with zero attached hydrogens (tertiary/aromatic N) is 1. The van der Waals surface area contributed by atoms with Crippen molar-refractivity contribution in [2.24, 2.45) is 0 Å². The van der Waals surface area contributed by atoms with Gasteiger partial charge in [-0.2, -0.15) is 5.26 Å². The van der Waals surface area contributed by atoms with Crippen LogP contribution in [0.3, 0.4) is 0 Å². The summed E-state index contributed by atoms with van der Waals surface area (Å²) in [4.78, 5) is 11.6. The zero-order valence-electron chi connectivity index (χ0n) is 8.97. The van der Waals surface area contributed by atoms with E-state index in [4.69, 9.17) is 14.4 Å². The van der Waals surface area contributed by atoms with Crippen molar-refractivity contribution < 1.29 is 13.9 Å². The first-order valence-electron chi connectivity index (χ1n) is 5.39. The van der Waals surface area contributed by atoms with Gasteiger partial charge in [0, 0.05) is 10.9 Å². The number of rotatable bonds is 1. The number of benzene rings is 1. The highest BCUT2D eigenvalue weighted by Gasteiger charge is 2.33. The summed E-state index contributed by atoms with van der Waals surface area (Å²) >= 11 is 0. The molecule has 1 aliphatic heterocycles. The van der Waals surface area contributed by atoms with Gasteiger partial charge in [-0.25, -0.2) is 0 Å². The topological polar surface area (TPSA) is 63.2 Å². The smallest absolute Gasteiger partial charge is 0.313 e. The second kappa shape index (κ2) is 3.63. The minimum Gasteiger partial charge on any atom is -0.465 e. The molecule has 1 fully saturated rings. The number of fused-ring (bicyclic) bond motifs is 1. The number of nitriles is 1. The van der Waals surface area contributed by atoms with Crippen molar-refractivity contribution in [3.8, 4) is 6.07 Å². The van der Waals surface area contributed by atoms with Gasteiger partial charge in [0.2, 0.25) is 5.76 Å². The highest BCUT2D eigenvalue weighted by molar-refractivity contribution is 5.91. The van der Waals surface area contributed by atoms with Crippen molar-refractivity contribution in [2.75, 3.05) is 6.61 Å². The highest BCUT2D eigenvalue weighted by Crippen LogP contribution is 2.36. The lowest BCUT2D eigenvalue weighted by atomic mass is 9.95. The molecule has 1 aromatic carbocycles. The number of carbonyl (C=O) groups excluding carboxylic acids is 1. The fourth-order valence-corrected chi connectivity index (χ4v) is 2.25. The molecule has 0 radical (unpaired) electrons. The van der Waals surface area contributed by atoms with E-state index in [0.717, 1.165) is 5.39 Å². The molecule has 0 spiro atoms. The molecule has 1 saturated heterocycles. The standard InChI is InChI=1S/C13H9NO3/c14-7-11-12(9-5-6-16-13(9)15)8-3-1-2-4-10(8)17-11/h1-4,9H,5-6H2. The predicted molar refractivity (Wildman–Crippen MR) is 59.2 cm³/mol. The highest BCUT2D eigenvalue weighted by atomic mass is 16.5. The fourth-order valence-electron chi connectivity index (χ4n) is 2.25. The molecule has 84 valence electrons. The van der Waals surface area contributed by atoms with Gasteiger partial charge in [0.15, 0.2) is 0 Å². The largest absolute Gasteiger partial charge is 0.465 e. The average Bonchev–Trinajstić information content (AvgIpc) is 2.91.